The molecule has 2 nitrogen and oxygen atoms in total. The lowest BCUT2D eigenvalue weighted by Crippen LogP contribution is -2.08. The molecule has 0 saturated carbocycles. The van der Waals surface area contributed by atoms with E-state index in [-0.39, 0.29) is 6.42 Å². The van der Waals surface area contributed by atoms with Gasteiger partial charge in [-0.15, -0.1) is 0 Å². The number of methoxy groups -OCH3 is 1. The zero-order valence-electron chi connectivity index (χ0n) is 10.00. The fraction of sp³-hybridized carbons (Fsp3) is 0.385. The molecule has 1 aromatic heterocycles. The summed E-state index contributed by atoms with van der Waals surface area (Å²) in [6.07, 6.45) is -2.92. The Labute approximate surface area is 103 Å². The fourth-order valence-corrected chi connectivity index (χ4v) is 1.95. The van der Waals surface area contributed by atoms with Crippen LogP contribution in [0.1, 0.15) is 12.8 Å². The van der Waals surface area contributed by atoms with E-state index in [4.69, 9.17) is 4.74 Å². The van der Waals surface area contributed by atoms with Gasteiger partial charge in [-0.1, -0.05) is 0 Å². The highest BCUT2D eigenvalue weighted by atomic mass is 19.4. The first kappa shape index (κ1) is 12.8. The van der Waals surface area contributed by atoms with Crippen LogP contribution < -0.4 is 4.74 Å². The zero-order chi connectivity index (χ0) is 13.2. The van der Waals surface area contributed by atoms with Gasteiger partial charge in [0.15, 0.2) is 0 Å². The van der Waals surface area contributed by atoms with E-state index >= 15 is 0 Å². The summed E-state index contributed by atoms with van der Waals surface area (Å²) in [7, 11) is 1.58. The minimum absolute atomic E-state index is 0.0965. The molecule has 0 N–H and O–H groups in total. The van der Waals surface area contributed by atoms with E-state index in [0.29, 0.717) is 6.54 Å². The molecule has 0 amide bonds. The lowest BCUT2D eigenvalue weighted by atomic mass is 10.2. The smallest absolute Gasteiger partial charge is 0.389 e. The molecule has 0 atom stereocenters. The molecule has 1 heterocycles. The van der Waals surface area contributed by atoms with E-state index in [0.717, 1.165) is 16.7 Å². The van der Waals surface area contributed by atoms with E-state index < -0.39 is 12.6 Å². The van der Waals surface area contributed by atoms with Gasteiger partial charge in [0.1, 0.15) is 5.75 Å². The first-order chi connectivity index (χ1) is 8.49. The van der Waals surface area contributed by atoms with Gasteiger partial charge < -0.3 is 9.30 Å². The van der Waals surface area contributed by atoms with Crippen LogP contribution in [-0.2, 0) is 6.54 Å². The average molecular weight is 257 g/mol. The molecule has 18 heavy (non-hydrogen) atoms. The molecule has 1 aromatic carbocycles. The third-order valence-corrected chi connectivity index (χ3v) is 2.84. The van der Waals surface area contributed by atoms with Crippen LogP contribution in [0.5, 0.6) is 5.75 Å². The van der Waals surface area contributed by atoms with Crippen LogP contribution in [0.25, 0.3) is 10.9 Å². The van der Waals surface area contributed by atoms with Crippen molar-refractivity contribution in [3.05, 3.63) is 30.5 Å². The van der Waals surface area contributed by atoms with Crippen molar-refractivity contribution < 1.29 is 17.9 Å². The Balaban J connectivity index is 2.10. The van der Waals surface area contributed by atoms with E-state index in [9.17, 15) is 13.2 Å². The van der Waals surface area contributed by atoms with Gasteiger partial charge in [-0.2, -0.15) is 13.2 Å². The summed E-state index contributed by atoms with van der Waals surface area (Å²) in [6.45, 7) is 0.370. The van der Waals surface area contributed by atoms with Gasteiger partial charge in [0, 0.05) is 30.1 Å². The zero-order valence-corrected chi connectivity index (χ0v) is 10.00. The van der Waals surface area contributed by atoms with Gasteiger partial charge >= 0.3 is 6.18 Å². The van der Waals surface area contributed by atoms with E-state index in [2.05, 4.69) is 0 Å². The molecule has 0 spiro atoms. The number of nitrogens with zero attached hydrogens (tertiary/aromatic N) is 1. The number of hydrogen-bond donors (Lipinski definition) is 0. The monoisotopic (exact) mass is 257 g/mol. The van der Waals surface area contributed by atoms with Crippen molar-refractivity contribution in [1.82, 2.24) is 4.57 Å². The highest BCUT2D eigenvalue weighted by Crippen LogP contribution is 2.24. The molecule has 5 heteroatoms. The van der Waals surface area contributed by atoms with Crippen LogP contribution in [0.4, 0.5) is 13.2 Å². The number of fused-ring (bicyclic) bond motifs is 1. The van der Waals surface area contributed by atoms with E-state index in [1.807, 2.05) is 28.8 Å². The highest BCUT2D eigenvalue weighted by molar-refractivity contribution is 5.81. The van der Waals surface area contributed by atoms with Gasteiger partial charge in [0.25, 0.3) is 0 Å². The largest absolute Gasteiger partial charge is 0.497 e. The lowest BCUT2D eigenvalue weighted by molar-refractivity contribution is -0.135. The molecule has 0 aliphatic carbocycles. The van der Waals surface area contributed by atoms with Crippen LogP contribution in [0.15, 0.2) is 30.5 Å². The third kappa shape index (κ3) is 2.97. The fourth-order valence-electron chi connectivity index (χ4n) is 1.95. The maximum absolute atomic E-state index is 12.1. The predicted octanol–water partition coefficient (Wildman–Crippen LogP) is 3.99. The van der Waals surface area contributed by atoms with Crippen molar-refractivity contribution in [3.8, 4) is 5.75 Å². The molecule has 0 aliphatic heterocycles. The number of rotatable bonds is 4. The molecule has 0 unspecified atom stereocenters. The number of ether oxygens (including phenoxy) is 1. The van der Waals surface area contributed by atoms with Crippen molar-refractivity contribution in [2.75, 3.05) is 7.11 Å². The Kier molecular flexibility index (Phi) is 3.50. The number of benzene rings is 1. The number of alkyl halides is 3. The van der Waals surface area contributed by atoms with Crippen LogP contribution in [0.3, 0.4) is 0 Å². The topological polar surface area (TPSA) is 14.2 Å². The summed E-state index contributed by atoms with van der Waals surface area (Å²) in [6, 6.07) is 7.42. The van der Waals surface area contributed by atoms with Crippen LogP contribution in [-0.4, -0.2) is 17.9 Å². The van der Waals surface area contributed by atoms with Crippen molar-refractivity contribution in [2.24, 2.45) is 0 Å². The van der Waals surface area contributed by atoms with Gasteiger partial charge in [-0.3, -0.25) is 0 Å². The Morgan fingerprint density at radius 1 is 1.22 bits per heavy atom. The number of aryl methyl sites for hydroxylation is 1. The van der Waals surface area contributed by atoms with Gasteiger partial charge in [-0.25, -0.2) is 0 Å². The molecule has 2 aromatic rings. The Morgan fingerprint density at radius 2 is 2.00 bits per heavy atom. The predicted molar refractivity (Wildman–Crippen MR) is 63.8 cm³/mol. The van der Waals surface area contributed by atoms with Crippen molar-refractivity contribution in [1.29, 1.82) is 0 Å². The van der Waals surface area contributed by atoms with Crippen LogP contribution >= 0.6 is 0 Å². The Bertz CT molecular complexity index is 531. The standard InChI is InChI=1S/C13H14F3NO/c1-18-11-3-4-12-10(9-11)5-8-17(12)7-2-6-13(14,15)16/h3-5,8-9H,2,6-7H2,1H3. The van der Waals surface area contributed by atoms with Crippen molar-refractivity contribution >= 4 is 10.9 Å². The molecule has 0 bridgehead atoms. The van der Waals surface area contributed by atoms with Crippen LogP contribution in [0, 0.1) is 0 Å². The minimum atomic E-state index is -4.08. The first-order valence-corrected chi connectivity index (χ1v) is 5.69. The molecular formula is C13H14F3NO. The molecular weight excluding hydrogens is 243 g/mol. The number of hydrogen-bond acceptors (Lipinski definition) is 1. The summed E-state index contributed by atoms with van der Waals surface area (Å²) < 4.78 is 43.1. The van der Waals surface area contributed by atoms with Gasteiger partial charge in [0.2, 0.25) is 0 Å². The highest BCUT2D eigenvalue weighted by Gasteiger charge is 2.26. The quantitative estimate of drug-likeness (QED) is 0.807. The Hall–Kier alpha value is -1.65. The number of aromatic nitrogens is 1. The van der Waals surface area contributed by atoms with Gasteiger partial charge in [-0.05, 0) is 30.7 Å². The molecule has 98 valence electrons. The second kappa shape index (κ2) is 4.92. The maximum atomic E-state index is 12.1. The van der Waals surface area contributed by atoms with E-state index in [1.165, 1.54) is 0 Å². The van der Waals surface area contributed by atoms with Crippen molar-refractivity contribution in [3.63, 3.8) is 0 Å². The molecule has 0 fully saturated rings. The number of halogens is 3. The molecule has 2 rings (SSSR count). The molecule has 0 aliphatic rings. The maximum Gasteiger partial charge on any atom is 0.389 e. The van der Waals surface area contributed by atoms with E-state index in [1.54, 1.807) is 13.3 Å². The second-order valence-electron chi connectivity index (χ2n) is 4.15. The summed E-state index contributed by atoms with van der Waals surface area (Å²) in [4.78, 5) is 0. The second-order valence-corrected chi connectivity index (χ2v) is 4.15. The molecule has 0 saturated heterocycles. The van der Waals surface area contributed by atoms with Crippen molar-refractivity contribution in [2.45, 2.75) is 25.6 Å². The summed E-state index contributed by atoms with van der Waals surface area (Å²) in [5.41, 5.74) is 0.929. The summed E-state index contributed by atoms with van der Waals surface area (Å²) >= 11 is 0. The summed E-state index contributed by atoms with van der Waals surface area (Å²) in [5, 5.41) is 0.973. The SMILES string of the molecule is COc1ccc2c(ccn2CCCC(F)(F)F)c1. The Morgan fingerprint density at radius 3 is 2.67 bits per heavy atom. The van der Waals surface area contributed by atoms with Crippen LogP contribution in [0.2, 0.25) is 0 Å². The first-order valence-electron chi connectivity index (χ1n) is 5.69. The molecule has 0 radical (unpaired) electrons. The van der Waals surface area contributed by atoms with Gasteiger partial charge in [0.05, 0.1) is 7.11 Å². The lowest BCUT2D eigenvalue weighted by Gasteiger charge is -2.08. The normalized spacial score (nSPS) is 12.0. The minimum Gasteiger partial charge on any atom is -0.497 e. The average Bonchev–Trinajstić information content (AvgIpc) is 2.70. The summed E-state index contributed by atoms with van der Waals surface area (Å²) in [5.74, 6) is 0.746. The third-order valence-electron chi connectivity index (χ3n) is 2.84.